The van der Waals surface area contributed by atoms with Crippen LogP contribution in [0.2, 0.25) is 0 Å². The fraction of sp³-hybridized carbons (Fsp3) is 0.0800. The predicted octanol–water partition coefficient (Wildman–Crippen LogP) is 12.5. The molecule has 3 nitrogen and oxygen atoms in total. The van der Waals surface area contributed by atoms with Crippen molar-refractivity contribution in [2.75, 3.05) is 0 Å². The van der Waals surface area contributed by atoms with Gasteiger partial charge in [-0.3, -0.25) is 9.98 Å². The van der Waals surface area contributed by atoms with Gasteiger partial charge in [-0.05, 0) is 75.7 Å². The Morgan fingerprint density at radius 2 is 1.21 bits per heavy atom. The second-order valence-corrected chi connectivity index (χ2v) is 12.5. The minimum Gasteiger partial charge on any atom is -0.398 e. The molecule has 7 rings (SSSR count). The maximum absolute atomic E-state index is 6.76. The minimum atomic E-state index is 0.550. The van der Waals surface area contributed by atoms with Crippen molar-refractivity contribution >= 4 is 40.2 Å². The molecular weight excluding hydrogens is 643 g/mol. The van der Waals surface area contributed by atoms with Gasteiger partial charge in [0.2, 0.25) is 0 Å². The van der Waals surface area contributed by atoms with Crippen molar-refractivity contribution in [3.8, 4) is 11.1 Å². The molecule has 53 heavy (non-hydrogen) atoms. The second-order valence-electron chi connectivity index (χ2n) is 12.5. The Morgan fingerprint density at radius 3 is 1.91 bits per heavy atom. The van der Waals surface area contributed by atoms with Crippen LogP contribution in [0.15, 0.2) is 198 Å². The molecule has 0 saturated carbocycles. The highest BCUT2D eigenvalue weighted by molar-refractivity contribution is 6.19. The number of nitrogens with two attached hydrogens (primary N) is 1. The summed E-state index contributed by atoms with van der Waals surface area (Å²) in [4.78, 5) is 9.73. The Kier molecular flexibility index (Phi) is 12.4. The Balaban J connectivity index is 0.00000236. The van der Waals surface area contributed by atoms with Crippen LogP contribution in [-0.2, 0) is 13.0 Å². The zero-order valence-electron chi connectivity index (χ0n) is 30.5. The highest BCUT2D eigenvalue weighted by atomic mass is 14.8. The van der Waals surface area contributed by atoms with E-state index in [4.69, 9.17) is 10.7 Å². The molecule has 260 valence electrons. The van der Waals surface area contributed by atoms with Gasteiger partial charge in [-0.15, -0.1) is 0 Å². The number of aliphatic imine (C=N–C) groups is 2. The topological polar surface area (TPSA) is 50.7 Å². The van der Waals surface area contributed by atoms with Crippen LogP contribution in [0.1, 0.15) is 47.2 Å². The van der Waals surface area contributed by atoms with Gasteiger partial charge >= 0.3 is 0 Å². The molecule has 0 amide bonds. The maximum atomic E-state index is 6.76. The van der Waals surface area contributed by atoms with Crippen LogP contribution in [0.5, 0.6) is 0 Å². The fourth-order valence-corrected chi connectivity index (χ4v) is 6.39. The van der Waals surface area contributed by atoms with E-state index in [1.165, 1.54) is 5.56 Å². The summed E-state index contributed by atoms with van der Waals surface area (Å²) in [5.74, 6) is 0. The summed E-state index contributed by atoms with van der Waals surface area (Å²) in [6.45, 7) is 8.51. The van der Waals surface area contributed by atoms with Crippen molar-refractivity contribution < 1.29 is 0 Å². The zero-order chi connectivity index (χ0) is 36.8. The van der Waals surface area contributed by atoms with Gasteiger partial charge in [-0.1, -0.05) is 184 Å². The van der Waals surface area contributed by atoms with E-state index in [0.29, 0.717) is 6.54 Å². The lowest BCUT2D eigenvalue weighted by molar-refractivity contribution is 1.07. The lowest BCUT2D eigenvalue weighted by Crippen LogP contribution is -2.05. The van der Waals surface area contributed by atoms with Crippen molar-refractivity contribution in [3.05, 3.63) is 221 Å². The van der Waals surface area contributed by atoms with Crippen LogP contribution in [0, 0.1) is 0 Å². The number of hydrogen-bond acceptors (Lipinski definition) is 3. The van der Waals surface area contributed by atoms with Gasteiger partial charge < -0.3 is 5.73 Å². The van der Waals surface area contributed by atoms with Crippen LogP contribution < -0.4 is 5.73 Å². The quantitative estimate of drug-likeness (QED) is 0.107. The maximum Gasteiger partial charge on any atom is 0.0794 e. The molecule has 0 fully saturated rings. The largest absolute Gasteiger partial charge is 0.398 e. The number of allylic oxidation sites excluding steroid dienone is 3. The van der Waals surface area contributed by atoms with E-state index >= 15 is 0 Å². The number of hydrogen-bond donors (Lipinski definition) is 1. The molecule has 0 aromatic heterocycles. The van der Waals surface area contributed by atoms with Gasteiger partial charge in [0.15, 0.2) is 0 Å². The van der Waals surface area contributed by atoms with Crippen molar-refractivity contribution in [2.24, 2.45) is 15.7 Å². The average molecular weight is 688 g/mol. The van der Waals surface area contributed by atoms with Crippen molar-refractivity contribution in [1.29, 1.82) is 0 Å². The summed E-state index contributed by atoms with van der Waals surface area (Å²) in [5, 5.41) is 2.18. The molecule has 0 radical (unpaired) electrons. The number of nitrogens with zero attached hydrogens (tertiary/aromatic N) is 2. The van der Waals surface area contributed by atoms with Crippen LogP contribution in [0.4, 0.5) is 5.69 Å². The molecule has 2 N–H and O–H groups in total. The lowest BCUT2D eigenvalue weighted by Gasteiger charge is -2.14. The van der Waals surface area contributed by atoms with E-state index in [1.807, 2.05) is 56.3 Å². The van der Waals surface area contributed by atoms with Gasteiger partial charge in [-0.2, -0.15) is 0 Å². The summed E-state index contributed by atoms with van der Waals surface area (Å²) in [7, 11) is 0. The molecule has 0 atom stereocenters. The summed E-state index contributed by atoms with van der Waals surface area (Å²) in [6.07, 6.45) is 5.15. The first kappa shape index (κ1) is 36.2. The Bertz CT molecular complexity index is 2350. The van der Waals surface area contributed by atoms with Crippen LogP contribution in [-0.4, -0.2) is 12.4 Å². The molecule has 7 aromatic carbocycles. The third-order valence-electron chi connectivity index (χ3n) is 9.08. The SMILES string of the molecule is C=Nc1c(C(=NCc2ccccc2)c2cccc(-c3ccc(/C(N)=C/C(=C\Cc4ccccc4)c4ccccc4)cc3)c2)ccc2ccccc12.CC. The summed E-state index contributed by atoms with van der Waals surface area (Å²) in [5.41, 5.74) is 19.0. The minimum absolute atomic E-state index is 0.550. The fourth-order valence-electron chi connectivity index (χ4n) is 6.39. The van der Waals surface area contributed by atoms with Crippen LogP contribution in [0.25, 0.3) is 33.2 Å². The van der Waals surface area contributed by atoms with Gasteiger partial charge in [0, 0.05) is 22.2 Å². The number of rotatable bonds is 11. The predicted molar refractivity (Wildman–Crippen MR) is 229 cm³/mol. The van der Waals surface area contributed by atoms with Gasteiger partial charge in [0.05, 0.1) is 17.9 Å². The van der Waals surface area contributed by atoms with Crippen LogP contribution in [0.3, 0.4) is 0 Å². The first-order chi connectivity index (χ1) is 26.2. The Morgan fingerprint density at radius 1 is 0.585 bits per heavy atom. The van der Waals surface area contributed by atoms with Gasteiger partial charge in [0.25, 0.3) is 0 Å². The Hall–Kier alpha value is -6.58. The molecule has 7 aromatic rings. The van der Waals surface area contributed by atoms with E-state index < -0.39 is 0 Å². The van der Waals surface area contributed by atoms with E-state index in [9.17, 15) is 0 Å². The molecule has 0 spiro atoms. The average Bonchev–Trinajstić information content (AvgIpc) is 3.24. The normalized spacial score (nSPS) is 11.8. The standard InChI is InChI=1S/C48H39N3.C2H6/c1-50-48-44-23-12-11-20-39(44)30-31-45(48)47(51-34-36-16-7-3-8-17-36)43-22-13-21-41(32-43)38-26-28-40(29-27-38)46(49)33-42(37-18-9-4-10-19-37)25-24-35-14-5-2-6-15-35;1-2/h2-23,25-33H,1,24,34,49H2;1-2H3/b42-25+,46-33-,51-47?;. The molecule has 0 aliphatic rings. The molecule has 3 heteroatoms. The summed E-state index contributed by atoms with van der Waals surface area (Å²) in [6, 6.07) is 60.8. The summed E-state index contributed by atoms with van der Waals surface area (Å²) < 4.78 is 0. The number of benzene rings is 7. The van der Waals surface area contributed by atoms with E-state index in [1.54, 1.807) is 0 Å². The summed E-state index contributed by atoms with van der Waals surface area (Å²) >= 11 is 0. The van der Waals surface area contributed by atoms with Gasteiger partial charge in [-0.25, -0.2) is 0 Å². The van der Waals surface area contributed by atoms with Crippen molar-refractivity contribution in [1.82, 2.24) is 0 Å². The van der Waals surface area contributed by atoms with Crippen molar-refractivity contribution in [2.45, 2.75) is 26.8 Å². The van der Waals surface area contributed by atoms with E-state index in [-0.39, 0.29) is 0 Å². The smallest absolute Gasteiger partial charge is 0.0794 e. The molecule has 0 saturated heterocycles. The van der Waals surface area contributed by atoms with Crippen molar-refractivity contribution in [3.63, 3.8) is 0 Å². The number of fused-ring (bicyclic) bond motifs is 1. The first-order valence-electron chi connectivity index (χ1n) is 18.2. The lowest BCUT2D eigenvalue weighted by atomic mass is 9.94. The van der Waals surface area contributed by atoms with E-state index in [2.05, 4.69) is 157 Å². The van der Waals surface area contributed by atoms with E-state index in [0.717, 1.165) is 78.8 Å². The highest BCUT2D eigenvalue weighted by Crippen LogP contribution is 2.33. The third kappa shape index (κ3) is 9.02. The third-order valence-corrected chi connectivity index (χ3v) is 9.08. The molecule has 0 heterocycles. The highest BCUT2D eigenvalue weighted by Gasteiger charge is 2.15. The Labute approximate surface area is 314 Å². The monoisotopic (exact) mass is 687 g/mol. The van der Waals surface area contributed by atoms with Gasteiger partial charge in [0.1, 0.15) is 0 Å². The molecule has 0 unspecified atom stereocenters. The zero-order valence-corrected chi connectivity index (χ0v) is 30.5. The van der Waals surface area contributed by atoms with Crippen LogP contribution >= 0.6 is 0 Å². The molecule has 0 aliphatic carbocycles. The first-order valence-corrected chi connectivity index (χ1v) is 18.2. The second kappa shape index (κ2) is 18.1. The molecule has 0 aliphatic heterocycles. The molecular formula is C50H45N3. The molecule has 0 bridgehead atoms.